The minimum Gasteiger partial charge on any atom is -0.325 e. The van der Waals surface area contributed by atoms with Crippen molar-refractivity contribution >= 4 is 46.6 Å². The van der Waals surface area contributed by atoms with Crippen LogP contribution >= 0.6 is 23.2 Å². The van der Waals surface area contributed by atoms with E-state index in [1.807, 2.05) is 18.2 Å². The second kappa shape index (κ2) is 10.5. The van der Waals surface area contributed by atoms with E-state index in [2.05, 4.69) is 16.2 Å². The van der Waals surface area contributed by atoms with Crippen LogP contribution in [0.2, 0.25) is 10.0 Å². The fraction of sp³-hybridized carbons (Fsp3) is 0.211. The lowest BCUT2D eigenvalue weighted by molar-refractivity contribution is -0.129. The lowest BCUT2D eigenvalue weighted by Crippen LogP contribution is -2.41. The van der Waals surface area contributed by atoms with Gasteiger partial charge in [-0.1, -0.05) is 53.5 Å². The molecule has 0 heterocycles. The van der Waals surface area contributed by atoms with Crippen molar-refractivity contribution in [3.05, 3.63) is 64.1 Å². The Bertz CT molecular complexity index is 827. The number of rotatable bonds is 7. The van der Waals surface area contributed by atoms with Crippen LogP contribution in [0.15, 0.2) is 48.5 Å². The molecule has 0 aromatic heterocycles. The largest absolute Gasteiger partial charge is 0.325 e. The van der Waals surface area contributed by atoms with Crippen LogP contribution in [0, 0.1) is 0 Å². The number of benzene rings is 2. The number of nitrogens with one attached hydrogen (secondary N) is 3. The smallest absolute Gasteiger partial charge is 0.238 e. The molecule has 6 nitrogen and oxygen atoms in total. The van der Waals surface area contributed by atoms with E-state index in [-0.39, 0.29) is 31.1 Å². The Morgan fingerprint density at radius 3 is 1.93 bits per heavy atom. The Labute approximate surface area is 167 Å². The zero-order valence-electron chi connectivity index (χ0n) is 14.4. The highest BCUT2D eigenvalue weighted by Gasteiger charge is 2.10. The summed E-state index contributed by atoms with van der Waals surface area (Å²) in [4.78, 5) is 35.4. The molecule has 27 heavy (non-hydrogen) atoms. The average Bonchev–Trinajstić information content (AvgIpc) is 2.66. The molecule has 0 aliphatic carbocycles. The highest BCUT2D eigenvalue weighted by Crippen LogP contribution is 2.20. The van der Waals surface area contributed by atoms with Gasteiger partial charge in [0, 0.05) is 24.3 Å². The van der Waals surface area contributed by atoms with Gasteiger partial charge < -0.3 is 5.32 Å². The van der Waals surface area contributed by atoms with Crippen molar-refractivity contribution in [3.8, 4) is 0 Å². The molecule has 0 fully saturated rings. The van der Waals surface area contributed by atoms with Crippen molar-refractivity contribution < 1.29 is 14.4 Å². The quantitative estimate of drug-likeness (QED) is 0.613. The number of carbonyl (C=O) groups is 3. The predicted molar refractivity (Wildman–Crippen MR) is 105 cm³/mol. The molecule has 0 spiro atoms. The first-order chi connectivity index (χ1) is 13.0. The van der Waals surface area contributed by atoms with Gasteiger partial charge in [0.25, 0.3) is 0 Å². The molecule has 0 aliphatic rings. The van der Waals surface area contributed by atoms with E-state index in [0.717, 1.165) is 5.56 Å². The monoisotopic (exact) mass is 407 g/mol. The maximum absolute atomic E-state index is 11.8. The topological polar surface area (TPSA) is 87.3 Å². The SMILES string of the molecule is O=C(CCC(=O)Nc1ccccc1Cl)NNC(=O)CCc1ccccc1Cl. The molecule has 2 rings (SSSR count). The molecular formula is C19H19Cl2N3O3. The fourth-order valence-electron chi connectivity index (χ4n) is 2.22. The average molecular weight is 408 g/mol. The zero-order chi connectivity index (χ0) is 19.6. The molecule has 0 saturated heterocycles. The summed E-state index contributed by atoms with van der Waals surface area (Å²) in [6.45, 7) is 0. The maximum atomic E-state index is 11.8. The Balaban J connectivity index is 1.65. The minimum absolute atomic E-state index is 0.0352. The van der Waals surface area contributed by atoms with Crippen molar-refractivity contribution in [3.63, 3.8) is 0 Å². The normalized spacial score (nSPS) is 10.1. The van der Waals surface area contributed by atoms with Crippen LogP contribution in [0.25, 0.3) is 0 Å². The van der Waals surface area contributed by atoms with Gasteiger partial charge in [0.2, 0.25) is 17.7 Å². The van der Waals surface area contributed by atoms with Gasteiger partial charge in [0.05, 0.1) is 10.7 Å². The molecule has 0 radical (unpaired) electrons. The summed E-state index contributed by atoms with van der Waals surface area (Å²) < 4.78 is 0. The van der Waals surface area contributed by atoms with Crippen LogP contribution in [0.1, 0.15) is 24.8 Å². The molecule has 0 bridgehead atoms. The summed E-state index contributed by atoms with van der Waals surface area (Å²) in [5.74, 6) is -1.15. The first-order valence-electron chi connectivity index (χ1n) is 8.31. The molecule has 3 N–H and O–H groups in total. The Kier molecular flexibility index (Phi) is 8.10. The summed E-state index contributed by atoms with van der Waals surface area (Å²) >= 11 is 12.0. The summed E-state index contributed by atoms with van der Waals surface area (Å²) in [5.41, 5.74) is 5.95. The van der Waals surface area contributed by atoms with Crippen LogP contribution in [0.3, 0.4) is 0 Å². The lowest BCUT2D eigenvalue weighted by atomic mass is 10.1. The third-order valence-electron chi connectivity index (χ3n) is 3.65. The number of hydrazine groups is 1. The molecule has 3 amide bonds. The van der Waals surface area contributed by atoms with Gasteiger partial charge in [-0.05, 0) is 30.2 Å². The number of anilines is 1. The van der Waals surface area contributed by atoms with E-state index >= 15 is 0 Å². The number of para-hydroxylation sites is 1. The van der Waals surface area contributed by atoms with Gasteiger partial charge in [-0.15, -0.1) is 0 Å². The summed E-state index contributed by atoms with van der Waals surface area (Å²) in [6, 6.07) is 14.1. The van der Waals surface area contributed by atoms with Crippen LogP contribution in [0.4, 0.5) is 5.69 Å². The van der Waals surface area contributed by atoms with Gasteiger partial charge in [-0.3, -0.25) is 25.2 Å². The van der Waals surface area contributed by atoms with E-state index in [0.29, 0.717) is 22.2 Å². The first-order valence-corrected chi connectivity index (χ1v) is 9.07. The molecule has 0 atom stereocenters. The van der Waals surface area contributed by atoms with Gasteiger partial charge in [0.1, 0.15) is 0 Å². The number of hydrogen-bond donors (Lipinski definition) is 3. The molecule has 0 saturated carbocycles. The molecule has 2 aromatic rings. The molecule has 2 aromatic carbocycles. The van der Waals surface area contributed by atoms with E-state index in [1.54, 1.807) is 30.3 Å². The maximum Gasteiger partial charge on any atom is 0.238 e. The van der Waals surface area contributed by atoms with E-state index < -0.39 is 5.91 Å². The van der Waals surface area contributed by atoms with Crippen molar-refractivity contribution in [1.29, 1.82) is 0 Å². The molecular weight excluding hydrogens is 389 g/mol. The fourth-order valence-corrected chi connectivity index (χ4v) is 2.63. The third kappa shape index (κ3) is 7.29. The summed E-state index contributed by atoms with van der Waals surface area (Å²) in [7, 11) is 0. The molecule has 0 aliphatic heterocycles. The number of aryl methyl sites for hydroxylation is 1. The highest BCUT2D eigenvalue weighted by molar-refractivity contribution is 6.33. The van der Waals surface area contributed by atoms with Crippen molar-refractivity contribution in [2.24, 2.45) is 0 Å². The molecule has 8 heteroatoms. The number of amides is 3. The highest BCUT2D eigenvalue weighted by atomic mass is 35.5. The Hall–Kier alpha value is -2.57. The van der Waals surface area contributed by atoms with Crippen molar-refractivity contribution in [2.45, 2.75) is 25.7 Å². The second-order valence-corrected chi connectivity index (χ2v) is 6.53. The third-order valence-corrected chi connectivity index (χ3v) is 4.35. The number of hydrogen-bond acceptors (Lipinski definition) is 3. The minimum atomic E-state index is -0.463. The van der Waals surface area contributed by atoms with Gasteiger partial charge >= 0.3 is 0 Å². The van der Waals surface area contributed by atoms with Crippen LogP contribution in [-0.4, -0.2) is 17.7 Å². The van der Waals surface area contributed by atoms with Crippen LogP contribution in [0.5, 0.6) is 0 Å². The molecule has 142 valence electrons. The van der Waals surface area contributed by atoms with E-state index in [1.165, 1.54) is 0 Å². The Morgan fingerprint density at radius 1 is 0.704 bits per heavy atom. The zero-order valence-corrected chi connectivity index (χ0v) is 15.9. The summed E-state index contributed by atoms with van der Waals surface area (Å²) in [6.07, 6.45) is 0.534. The van der Waals surface area contributed by atoms with Crippen molar-refractivity contribution in [1.82, 2.24) is 10.9 Å². The summed E-state index contributed by atoms with van der Waals surface area (Å²) in [5, 5.41) is 3.64. The van der Waals surface area contributed by atoms with Crippen LogP contribution < -0.4 is 16.2 Å². The standard InChI is InChI=1S/C19H19Cl2N3O3/c20-14-6-2-1-5-13(14)9-10-18(26)23-24-19(27)12-11-17(25)22-16-8-4-3-7-15(16)21/h1-8H,9-12H2,(H,22,25)(H,23,26)(H,24,27). The van der Waals surface area contributed by atoms with Crippen molar-refractivity contribution in [2.75, 3.05) is 5.32 Å². The van der Waals surface area contributed by atoms with Gasteiger partial charge in [-0.25, -0.2) is 0 Å². The lowest BCUT2D eigenvalue weighted by Gasteiger charge is -2.09. The number of carbonyl (C=O) groups excluding carboxylic acids is 3. The van der Waals surface area contributed by atoms with Gasteiger partial charge in [-0.2, -0.15) is 0 Å². The Morgan fingerprint density at radius 2 is 1.26 bits per heavy atom. The molecule has 0 unspecified atom stereocenters. The van der Waals surface area contributed by atoms with Gasteiger partial charge in [0.15, 0.2) is 0 Å². The van der Waals surface area contributed by atoms with Crippen LogP contribution in [-0.2, 0) is 20.8 Å². The second-order valence-electron chi connectivity index (χ2n) is 5.72. The number of halogens is 2. The van der Waals surface area contributed by atoms with E-state index in [9.17, 15) is 14.4 Å². The predicted octanol–water partition coefficient (Wildman–Crippen LogP) is 3.49. The first kappa shape index (κ1) is 20.7. The van der Waals surface area contributed by atoms with E-state index in [4.69, 9.17) is 23.2 Å².